The molecule has 2 rings (SSSR count). The van der Waals surface area contributed by atoms with E-state index in [1.54, 1.807) is 11.4 Å². The number of ether oxygens (including phenoxy) is 1. The van der Waals surface area contributed by atoms with E-state index in [9.17, 15) is 13.5 Å². The van der Waals surface area contributed by atoms with Crippen LogP contribution in [0.4, 0.5) is 5.13 Å². The average molecular weight is 462 g/mol. The molecule has 2 N–H and O–H groups in total. The fourth-order valence-electron chi connectivity index (χ4n) is 2.55. The van der Waals surface area contributed by atoms with Crippen LogP contribution in [0.1, 0.15) is 32.4 Å². The summed E-state index contributed by atoms with van der Waals surface area (Å²) in [5.74, 6) is 0.433. The highest BCUT2D eigenvalue weighted by Crippen LogP contribution is 2.29. The Morgan fingerprint density at radius 1 is 1.31 bits per heavy atom. The van der Waals surface area contributed by atoms with Crippen molar-refractivity contribution in [1.29, 1.82) is 0 Å². The predicted octanol–water partition coefficient (Wildman–Crippen LogP) is 3.63. The highest BCUT2D eigenvalue weighted by molar-refractivity contribution is 7.93. The van der Waals surface area contributed by atoms with Crippen LogP contribution in [0, 0.1) is 0 Å². The van der Waals surface area contributed by atoms with E-state index < -0.39 is 15.6 Å². The molecule has 0 radical (unpaired) electrons. The molecule has 1 aromatic carbocycles. The van der Waals surface area contributed by atoms with E-state index in [1.165, 1.54) is 23.5 Å². The minimum absolute atomic E-state index is 0.0258. The molecule has 0 aliphatic rings. The molecular formula is C19H28ClN3O4S2. The number of benzene rings is 1. The molecule has 0 aliphatic heterocycles. The zero-order valence-corrected chi connectivity index (χ0v) is 19.5. The van der Waals surface area contributed by atoms with Crippen LogP contribution in [-0.4, -0.2) is 56.3 Å². The standard InChI is InChI=1S/C19H28ClN3O4S2/c1-5-19(24,6-2)12-14-13-28-18(21-14)22-29(25,26)15-7-8-17(16(20)11-15)27-10-9-23(3)4/h7-8,11,13,24H,5-6,9-10,12H2,1-4H3,(H,21,22). The Balaban J connectivity index is 2.09. The largest absolute Gasteiger partial charge is 0.491 e. The lowest BCUT2D eigenvalue weighted by molar-refractivity contribution is 0.0319. The molecule has 10 heteroatoms. The zero-order valence-electron chi connectivity index (χ0n) is 17.1. The third-order valence-corrected chi connectivity index (χ3v) is 7.18. The van der Waals surface area contributed by atoms with Crippen molar-refractivity contribution < 1.29 is 18.3 Å². The lowest BCUT2D eigenvalue weighted by atomic mass is 9.92. The topological polar surface area (TPSA) is 91.8 Å². The predicted molar refractivity (Wildman–Crippen MR) is 118 cm³/mol. The van der Waals surface area contributed by atoms with Gasteiger partial charge in [-0.05, 0) is 45.1 Å². The maximum absolute atomic E-state index is 12.7. The van der Waals surface area contributed by atoms with Gasteiger partial charge in [-0.2, -0.15) is 0 Å². The number of halogens is 1. The number of nitrogens with one attached hydrogen (secondary N) is 1. The van der Waals surface area contributed by atoms with Gasteiger partial charge in [-0.15, -0.1) is 11.3 Å². The number of rotatable bonds is 11. The van der Waals surface area contributed by atoms with Crippen LogP contribution >= 0.6 is 22.9 Å². The van der Waals surface area contributed by atoms with E-state index in [0.717, 1.165) is 6.54 Å². The van der Waals surface area contributed by atoms with Crippen molar-refractivity contribution in [2.24, 2.45) is 0 Å². The minimum atomic E-state index is -3.84. The summed E-state index contributed by atoms with van der Waals surface area (Å²) in [6, 6.07) is 4.35. The molecule has 1 aromatic heterocycles. The number of sulfonamides is 1. The molecule has 0 spiro atoms. The van der Waals surface area contributed by atoms with Crippen molar-refractivity contribution in [3.05, 3.63) is 34.3 Å². The summed E-state index contributed by atoms with van der Waals surface area (Å²) in [6.45, 7) is 4.99. The first kappa shape index (κ1) is 23.9. The molecule has 0 aliphatic carbocycles. The number of aromatic nitrogens is 1. The maximum atomic E-state index is 12.7. The first-order valence-corrected chi connectivity index (χ1v) is 12.1. The quantitative estimate of drug-likeness (QED) is 0.531. The second-order valence-electron chi connectivity index (χ2n) is 7.10. The second kappa shape index (κ2) is 10.1. The lowest BCUT2D eigenvalue weighted by Crippen LogP contribution is -2.29. The van der Waals surface area contributed by atoms with Crippen LogP contribution < -0.4 is 9.46 Å². The molecule has 0 fully saturated rings. The summed E-state index contributed by atoms with van der Waals surface area (Å²) in [6.07, 6.45) is 1.58. The molecule has 0 unspecified atom stereocenters. The Labute approximate surface area is 181 Å². The molecule has 0 bridgehead atoms. The van der Waals surface area contributed by atoms with Gasteiger partial charge in [0.2, 0.25) is 0 Å². The molecule has 0 amide bonds. The Bertz CT molecular complexity index is 912. The van der Waals surface area contributed by atoms with E-state index in [0.29, 0.717) is 37.3 Å². The van der Waals surface area contributed by atoms with Crippen LogP contribution in [0.5, 0.6) is 5.75 Å². The van der Waals surface area contributed by atoms with Crippen LogP contribution in [0.3, 0.4) is 0 Å². The summed E-state index contributed by atoms with van der Waals surface area (Å²) in [5, 5.41) is 12.7. The van der Waals surface area contributed by atoms with Crippen LogP contribution in [0.2, 0.25) is 5.02 Å². The molecule has 1 heterocycles. The van der Waals surface area contributed by atoms with Crippen molar-refractivity contribution >= 4 is 38.1 Å². The van der Waals surface area contributed by atoms with Gasteiger partial charge in [-0.25, -0.2) is 13.4 Å². The van der Waals surface area contributed by atoms with E-state index in [4.69, 9.17) is 16.3 Å². The van der Waals surface area contributed by atoms with Gasteiger partial charge in [0, 0.05) is 18.3 Å². The minimum Gasteiger partial charge on any atom is -0.491 e. The Morgan fingerprint density at radius 2 is 2.00 bits per heavy atom. The lowest BCUT2D eigenvalue weighted by Gasteiger charge is -2.23. The van der Waals surface area contributed by atoms with Gasteiger partial charge >= 0.3 is 0 Å². The Hall–Kier alpha value is -1.39. The normalized spacial score (nSPS) is 12.4. The van der Waals surface area contributed by atoms with Gasteiger partial charge in [0.15, 0.2) is 5.13 Å². The van der Waals surface area contributed by atoms with Crippen LogP contribution in [0.15, 0.2) is 28.5 Å². The maximum Gasteiger partial charge on any atom is 0.263 e. The number of nitrogens with zero attached hydrogens (tertiary/aromatic N) is 2. The number of thiazole rings is 1. The second-order valence-corrected chi connectivity index (χ2v) is 10.0. The molecule has 162 valence electrons. The first-order chi connectivity index (χ1) is 13.6. The number of likely N-dealkylation sites (N-methyl/N-ethyl adjacent to an activating group) is 1. The Morgan fingerprint density at radius 3 is 2.59 bits per heavy atom. The van der Waals surface area contributed by atoms with E-state index >= 15 is 0 Å². The first-order valence-electron chi connectivity index (χ1n) is 9.35. The molecule has 0 atom stereocenters. The molecule has 0 saturated heterocycles. The number of anilines is 1. The SMILES string of the molecule is CCC(O)(CC)Cc1csc(NS(=O)(=O)c2ccc(OCCN(C)C)c(Cl)c2)n1. The summed E-state index contributed by atoms with van der Waals surface area (Å²) in [5.41, 5.74) is -0.179. The Kier molecular flexibility index (Phi) is 8.30. The van der Waals surface area contributed by atoms with Gasteiger partial charge in [0.25, 0.3) is 10.0 Å². The van der Waals surface area contributed by atoms with Crippen molar-refractivity contribution in [2.45, 2.75) is 43.6 Å². The fourth-order valence-corrected chi connectivity index (χ4v) is 4.84. The van der Waals surface area contributed by atoms with E-state index in [1.807, 2.05) is 32.8 Å². The van der Waals surface area contributed by atoms with Gasteiger partial charge in [-0.3, -0.25) is 4.72 Å². The van der Waals surface area contributed by atoms with Crippen molar-refractivity contribution in [2.75, 3.05) is 32.0 Å². The summed E-state index contributed by atoms with van der Waals surface area (Å²) in [4.78, 5) is 6.30. The zero-order chi connectivity index (χ0) is 21.7. The number of hydrogen-bond donors (Lipinski definition) is 2. The highest BCUT2D eigenvalue weighted by Gasteiger charge is 2.25. The molecule has 2 aromatic rings. The molecule has 29 heavy (non-hydrogen) atoms. The van der Waals surface area contributed by atoms with Crippen molar-refractivity contribution in [3.63, 3.8) is 0 Å². The monoisotopic (exact) mass is 461 g/mol. The summed E-state index contributed by atoms with van der Waals surface area (Å²) in [7, 11) is 0.0230. The average Bonchev–Trinajstić information content (AvgIpc) is 3.08. The van der Waals surface area contributed by atoms with E-state index in [2.05, 4.69) is 9.71 Å². The number of hydrogen-bond acceptors (Lipinski definition) is 7. The van der Waals surface area contributed by atoms with Crippen LogP contribution in [-0.2, 0) is 16.4 Å². The summed E-state index contributed by atoms with van der Waals surface area (Å²) < 4.78 is 33.4. The molecule has 0 saturated carbocycles. The van der Waals surface area contributed by atoms with E-state index in [-0.39, 0.29) is 15.0 Å². The van der Waals surface area contributed by atoms with Gasteiger partial charge in [0.1, 0.15) is 12.4 Å². The third-order valence-electron chi connectivity index (χ3n) is 4.61. The van der Waals surface area contributed by atoms with Crippen molar-refractivity contribution in [1.82, 2.24) is 9.88 Å². The third kappa shape index (κ3) is 6.82. The van der Waals surface area contributed by atoms with Gasteiger partial charge in [0.05, 0.1) is 21.2 Å². The van der Waals surface area contributed by atoms with Crippen molar-refractivity contribution in [3.8, 4) is 5.75 Å². The summed E-state index contributed by atoms with van der Waals surface area (Å²) >= 11 is 7.37. The van der Waals surface area contributed by atoms with Gasteiger partial charge in [-0.1, -0.05) is 25.4 Å². The van der Waals surface area contributed by atoms with Gasteiger partial charge < -0.3 is 14.7 Å². The fraction of sp³-hybridized carbons (Fsp3) is 0.526. The van der Waals surface area contributed by atoms with Crippen LogP contribution in [0.25, 0.3) is 0 Å². The molecule has 7 nitrogen and oxygen atoms in total. The highest BCUT2D eigenvalue weighted by atomic mass is 35.5. The number of aliphatic hydroxyl groups is 1. The molecular weight excluding hydrogens is 434 g/mol. The smallest absolute Gasteiger partial charge is 0.263 e.